The van der Waals surface area contributed by atoms with E-state index >= 15 is 0 Å². The number of ether oxygens (including phenoxy) is 1. The molecule has 1 aromatic carbocycles. The quantitative estimate of drug-likeness (QED) is 0.653. The minimum absolute atomic E-state index is 0.0382. The summed E-state index contributed by atoms with van der Waals surface area (Å²) < 4.78 is 5.77. The highest BCUT2D eigenvalue weighted by atomic mass is 79.9. The molecule has 20 heavy (non-hydrogen) atoms. The number of carbonyl (C=O) groups excluding carboxylic acids is 1. The minimum Gasteiger partial charge on any atom is -0.496 e. The number of nitrogens with zero attached hydrogens (tertiary/aromatic N) is 2. The first-order chi connectivity index (χ1) is 9.49. The van der Waals surface area contributed by atoms with E-state index in [4.69, 9.17) is 27.9 Å². The molecule has 0 saturated carbocycles. The maximum Gasteiger partial charge on any atom is 0.256 e. The van der Waals surface area contributed by atoms with Gasteiger partial charge >= 0.3 is 0 Å². The second kappa shape index (κ2) is 6.39. The molecule has 0 aliphatic carbocycles. The summed E-state index contributed by atoms with van der Waals surface area (Å²) in [7, 11) is 1.55. The van der Waals surface area contributed by atoms with Crippen molar-refractivity contribution in [1.82, 2.24) is 9.97 Å². The molecule has 104 valence electrons. The van der Waals surface area contributed by atoms with Crippen molar-refractivity contribution < 1.29 is 9.53 Å². The zero-order valence-electron chi connectivity index (χ0n) is 10.2. The fourth-order valence-corrected chi connectivity index (χ4v) is 2.40. The van der Waals surface area contributed by atoms with Gasteiger partial charge in [0.05, 0.1) is 11.6 Å². The van der Waals surface area contributed by atoms with Crippen molar-refractivity contribution in [3.63, 3.8) is 0 Å². The number of aromatic nitrogens is 2. The molecule has 1 heterocycles. The largest absolute Gasteiger partial charge is 0.496 e. The van der Waals surface area contributed by atoms with E-state index in [-0.39, 0.29) is 22.2 Å². The van der Waals surface area contributed by atoms with Crippen LogP contribution in [-0.4, -0.2) is 23.0 Å². The zero-order valence-corrected chi connectivity index (χ0v) is 13.3. The van der Waals surface area contributed by atoms with E-state index in [9.17, 15) is 4.79 Å². The van der Waals surface area contributed by atoms with Crippen molar-refractivity contribution >= 4 is 50.9 Å². The van der Waals surface area contributed by atoms with Crippen LogP contribution in [0.5, 0.6) is 5.75 Å². The van der Waals surface area contributed by atoms with E-state index in [1.165, 1.54) is 6.07 Å². The first-order valence-electron chi connectivity index (χ1n) is 5.34. The Morgan fingerprint density at radius 3 is 2.65 bits per heavy atom. The third-order valence-corrected chi connectivity index (χ3v) is 3.31. The highest BCUT2D eigenvalue weighted by Crippen LogP contribution is 2.26. The lowest BCUT2D eigenvalue weighted by atomic mass is 10.2. The molecule has 0 aliphatic heterocycles. The number of halogens is 3. The smallest absolute Gasteiger partial charge is 0.256 e. The molecule has 0 aliphatic rings. The number of hydrogen-bond donors (Lipinski definition) is 1. The van der Waals surface area contributed by atoms with Gasteiger partial charge in [0.1, 0.15) is 16.7 Å². The van der Waals surface area contributed by atoms with Gasteiger partial charge < -0.3 is 10.1 Å². The van der Waals surface area contributed by atoms with E-state index < -0.39 is 0 Å². The lowest BCUT2D eigenvalue weighted by Crippen LogP contribution is -2.13. The molecule has 0 atom stereocenters. The second-order valence-electron chi connectivity index (χ2n) is 3.65. The van der Waals surface area contributed by atoms with Crippen LogP contribution in [0.15, 0.2) is 28.7 Å². The van der Waals surface area contributed by atoms with E-state index in [2.05, 4.69) is 31.2 Å². The average molecular weight is 377 g/mol. The number of hydrogen-bond acceptors (Lipinski definition) is 4. The number of methoxy groups -OCH3 is 1. The van der Waals surface area contributed by atoms with Crippen molar-refractivity contribution in [3.8, 4) is 5.75 Å². The summed E-state index contributed by atoms with van der Waals surface area (Å²) >= 11 is 14.7. The van der Waals surface area contributed by atoms with Crippen LogP contribution in [0.3, 0.4) is 0 Å². The molecule has 0 radical (unpaired) electrons. The summed E-state index contributed by atoms with van der Waals surface area (Å²) in [5.41, 5.74) is 0.434. The normalized spacial score (nSPS) is 10.2. The maximum absolute atomic E-state index is 12.1. The van der Waals surface area contributed by atoms with Crippen molar-refractivity contribution in [3.05, 3.63) is 44.7 Å². The number of carbonyl (C=O) groups is 1. The van der Waals surface area contributed by atoms with Gasteiger partial charge in [0.25, 0.3) is 5.91 Å². The molecule has 0 bridgehead atoms. The molecule has 1 aromatic heterocycles. The highest BCUT2D eigenvalue weighted by molar-refractivity contribution is 9.10. The molecular weight excluding hydrogens is 369 g/mol. The van der Waals surface area contributed by atoms with Gasteiger partial charge in [-0.25, -0.2) is 9.97 Å². The number of benzene rings is 1. The third-order valence-electron chi connectivity index (χ3n) is 2.32. The highest BCUT2D eigenvalue weighted by Gasteiger charge is 2.11. The topological polar surface area (TPSA) is 64.1 Å². The first-order valence-corrected chi connectivity index (χ1v) is 6.89. The van der Waals surface area contributed by atoms with E-state index in [0.29, 0.717) is 15.8 Å². The van der Waals surface area contributed by atoms with Crippen molar-refractivity contribution in [2.45, 2.75) is 0 Å². The Labute approximate surface area is 133 Å². The van der Waals surface area contributed by atoms with Gasteiger partial charge in [0.15, 0.2) is 0 Å². The summed E-state index contributed by atoms with van der Waals surface area (Å²) in [6.07, 6.45) is 0. The fraction of sp³-hybridized carbons (Fsp3) is 0.0833. The van der Waals surface area contributed by atoms with E-state index in [1.807, 2.05) is 0 Å². The predicted molar refractivity (Wildman–Crippen MR) is 80.7 cm³/mol. The van der Waals surface area contributed by atoms with Crippen LogP contribution in [0, 0.1) is 0 Å². The molecule has 2 rings (SSSR count). The van der Waals surface area contributed by atoms with Crippen LogP contribution in [-0.2, 0) is 0 Å². The zero-order chi connectivity index (χ0) is 14.7. The molecule has 1 N–H and O–H groups in total. The van der Waals surface area contributed by atoms with E-state index in [1.54, 1.807) is 25.3 Å². The van der Waals surface area contributed by atoms with E-state index in [0.717, 1.165) is 0 Å². The summed E-state index contributed by atoms with van der Waals surface area (Å²) in [5.74, 6) is 0.515. The summed E-state index contributed by atoms with van der Waals surface area (Å²) in [4.78, 5) is 19.6. The predicted octanol–water partition coefficient (Wildman–Crippen LogP) is 3.81. The third kappa shape index (κ3) is 3.59. The second-order valence-corrected chi connectivity index (χ2v) is 5.23. The number of anilines is 1. The van der Waals surface area contributed by atoms with Crippen molar-refractivity contribution in [1.29, 1.82) is 0 Å². The molecule has 2 aromatic rings. The first kappa shape index (κ1) is 15.0. The summed E-state index contributed by atoms with van der Waals surface area (Å²) in [5, 5.41) is 2.70. The molecule has 1 amide bonds. The lowest BCUT2D eigenvalue weighted by molar-refractivity contribution is 0.102. The average Bonchev–Trinajstić information content (AvgIpc) is 2.37. The van der Waals surface area contributed by atoms with Gasteiger partial charge in [0, 0.05) is 11.6 Å². The lowest BCUT2D eigenvalue weighted by Gasteiger charge is -2.07. The Hall–Kier alpha value is -1.37. The van der Waals surface area contributed by atoms with Gasteiger partial charge in [-0.3, -0.25) is 4.79 Å². The molecule has 0 fully saturated rings. The summed E-state index contributed by atoms with van der Waals surface area (Å²) in [6, 6.07) is 6.35. The molecule has 8 heteroatoms. The Bertz CT molecular complexity index is 647. The van der Waals surface area contributed by atoms with Crippen molar-refractivity contribution in [2.75, 3.05) is 12.4 Å². The van der Waals surface area contributed by atoms with Gasteiger partial charge in [-0.1, -0.05) is 11.6 Å². The van der Waals surface area contributed by atoms with Crippen LogP contribution < -0.4 is 10.1 Å². The van der Waals surface area contributed by atoms with Crippen LogP contribution >= 0.6 is 39.1 Å². The van der Waals surface area contributed by atoms with Crippen LogP contribution in [0.2, 0.25) is 10.4 Å². The molecule has 0 saturated heterocycles. The van der Waals surface area contributed by atoms with Gasteiger partial charge in [0.2, 0.25) is 5.28 Å². The Morgan fingerprint density at radius 2 is 2.05 bits per heavy atom. The minimum atomic E-state index is -0.348. The fourth-order valence-electron chi connectivity index (χ4n) is 1.45. The van der Waals surface area contributed by atoms with Gasteiger partial charge in [-0.05, 0) is 45.7 Å². The molecular formula is C12H8BrCl2N3O2. The Kier molecular flexibility index (Phi) is 4.80. The number of amides is 1. The van der Waals surface area contributed by atoms with Gasteiger partial charge in [-0.2, -0.15) is 0 Å². The maximum atomic E-state index is 12.1. The molecule has 0 spiro atoms. The summed E-state index contributed by atoms with van der Waals surface area (Å²) in [6.45, 7) is 0. The standard InChI is InChI=1S/C12H8BrCl2N3O2/c1-20-8-3-2-6(4-7(8)13)11(19)17-10-5-9(14)16-12(15)18-10/h2-5H,1H3,(H,16,17,18,19). The Balaban J connectivity index is 2.21. The van der Waals surface area contributed by atoms with Crippen molar-refractivity contribution in [2.24, 2.45) is 0 Å². The SMILES string of the molecule is COc1ccc(C(=O)Nc2cc(Cl)nc(Cl)n2)cc1Br. The number of rotatable bonds is 3. The molecule has 0 unspecified atom stereocenters. The Morgan fingerprint density at radius 1 is 1.30 bits per heavy atom. The van der Waals surface area contributed by atoms with Crippen LogP contribution in [0.1, 0.15) is 10.4 Å². The van der Waals surface area contributed by atoms with Gasteiger partial charge in [-0.15, -0.1) is 0 Å². The van der Waals surface area contributed by atoms with Crippen LogP contribution in [0.4, 0.5) is 5.82 Å². The number of nitrogens with one attached hydrogen (secondary N) is 1. The van der Waals surface area contributed by atoms with Crippen LogP contribution in [0.25, 0.3) is 0 Å². The monoisotopic (exact) mass is 375 g/mol. The molecule has 5 nitrogen and oxygen atoms in total.